The van der Waals surface area contributed by atoms with Gasteiger partial charge in [0.05, 0.1) is 12.7 Å². The molecule has 1 aromatic rings. The molecule has 148 valence electrons. The van der Waals surface area contributed by atoms with E-state index in [1.807, 2.05) is 13.2 Å². The van der Waals surface area contributed by atoms with Crippen molar-refractivity contribution in [2.24, 2.45) is 10.9 Å². The average Bonchev–Trinajstić information content (AvgIpc) is 2.65. The summed E-state index contributed by atoms with van der Waals surface area (Å²) in [6, 6.07) is 4.22. The van der Waals surface area contributed by atoms with Crippen LogP contribution in [-0.2, 0) is 11.3 Å². The summed E-state index contributed by atoms with van der Waals surface area (Å²) in [6.07, 6.45) is 4.58. The molecule has 1 fully saturated rings. The number of rotatable bonds is 7. The number of pyridine rings is 1. The van der Waals surface area contributed by atoms with Crippen molar-refractivity contribution in [1.29, 1.82) is 0 Å². The molecule has 1 aliphatic heterocycles. The molecule has 0 radical (unpaired) electrons. The number of halogens is 1. The second-order valence-corrected chi connectivity index (χ2v) is 6.64. The molecule has 7 heteroatoms. The number of morpholine rings is 1. The van der Waals surface area contributed by atoms with E-state index >= 15 is 0 Å². The predicted octanol–water partition coefficient (Wildman–Crippen LogP) is 3.03. The highest BCUT2D eigenvalue weighted by Crippen LogP contribution is 2.15. The SMILES string of the molecule is CCC(CC)CNC(=NC)NCc1ccc(N2CCOC(C)C2)nc1.I. The van der Waals surface area contributed by atoms with Crippen LogP contribution < -0.4 is 15.5 Å². The molecule has 1 unspecified atom stereocenters. The Hall–Kier alpha value is -1.09. The summed E-state index contributed by atoms with van der Waals surface area (Å²) in [7, 11) is 1.81. The number of guanidine groups is 1. The first-order valence-electron chi connectivity index (χ1n) is 9.42. The third-order valence-electron chi connectivity index (χ3n) is 4.77. The van der Waals surface area contributed by atoms with Crippen molar-refractivity contribution >= 4 is 35.8 Å². The van der Waals surface area contributed by atoms with Crippen molar-refractivity contribution in [3.05, 3.63) is 23.9 Å². The monoisotopic (exact) mass is 475 g/mol. The molecule has 1 aliphatic rings. The van der Waals surface area contributed by atoms with Crippen LogP contribution in [0.4, 0.5) is 5.82 Å². The van der Waals surface area contributed by atoms with Gasteiger partial charge in [-0.05, 0) is 24.5 Å². The minimum absolute atomic E-state index is 0. The summed E-state index contributed by atoms with van der Waals surface area (Å²) < 4.78 is 5.59. The quantitative estimate of drug-likeness (QED) is 0.361. The van der Waals surface area contributed by atoms with Gasteiger partial charge in [0, 0.05) is 39.4 Å². The van der Waals surface area contributed by atoms with Crippen LogP contribution in [0.5, 0.6) is 0 Å². The van der Waals surface area contributed by atoms with Crippen molar-refractivity contribution in [1.82, 2.24) is 15.6 Å². The lowest BCUT2D eigenvalue weighted by Gasteiger charge is -2.32. The highest BCUT2D eigenvalue weighted by atomic mass is 127. The summed E-state index contributed by atoms with van der Waals surface area (Å²) >= 11 is 0. The number of hydrogen-bond donors (Lipinski definition) is 2. The lowest BCUT2D eigenvalue weighted by molar-refractivity contribution is 0.0529. The van der Waals surface area contributed by atoms with Gasteiger partial charge in [0.15, 0.2) is 5.96 Å². The molecular formula is C19H34IN5O. The molecule has 0 spiro atoms. The third-order valence-corrected chi connectivity index (χ3v) is 4.77. The molecule has 0 aromatic carbocycles. The van der Waals surface area contributed by atoms with Gasteiger partial charge in [-0.3, -0.25) is 4.99 Å². The van der Waals surface area contributed by atoms with Crippen LogP contribution >= 0.6 is 24.0 Å². The van der Waals surface area contributed by atoms with E-state index in [1.54, 1.807) is 0 Å². The van der Waals surface area contributed by atoms with Gasteiger partial charge in [0.2, 0.25) is 0 Å². The van der Waals surface area contributed by atoms with Crippen LogP contribution in [0.3, 0.4) is 0 Å². The molecule has 0 saturated carbocycles. The molecule has 2 heterocycles. The van der Waals surface area contributed by atoms with Crippen LogP contribution in [0.2, 0.25) is 0 Å². The van der Waals surface area contributed by atoms with Crippen LogP contribution in [0.25, 0.3) is 0 Å². The number of nitrogens with zero attached hydrogens (tertiary/aromatic N) is 3. The Labute approximate surface area is 175 Å². The van der Waals surface area contributed by atoms with Gasteiger partial charge in [-0.2, -0.15) is 0 Å². The third kappa shape index (κ3) is 7.26. The molecule has 0 bridgehead atoms. The molecule has 2 N–H and O–H groups in total. The van der Waals surface area contributed by atoms with E-state index in [-0.39, 0.29) is 30.1 Å². The number of hydrogen-bond acceptors (Lipinski definition) is 4. The van der Waals surface area contributed by atoms with Crippen LogP contribution in [0.1, 0.15) is 39.2 Å². The maximum absolute atomic E-state index is 5.59. The highest BCUT2D eigenvalue weighted by molar-refractivity contribution is 14.0. The molecule has 2 rings (SSSR count). The van der Waals surface area contributed by atoms with E-state index in [1.165, 1.54) is 12.8 Å². The van der Waals surface area contributed by atoms with Gasteiger partial charge in [-0.25, -0.2) is 4.98 Å². The smallest absolute Gasteiger partial charge is 0.191 e. The molecule has 6 nitrogen and oxygen atoms in total. The first-order valence-corrected chi connectivity index (χ1v) is 9.42. The van der Waals surface area contributed by atoms with Crippen molar-refractivity contribution in [2.75, 3.05) is 38.2 Å². The molecular weight excluding hydrogens is 441 g/mol. The van der Waals surface area contributed by atoms with E-state index in [4.69, 9.17) is 4.74 Å². The van der Waals surface area contributed by atoms with Crippen molar-refractivity contribution < 1.29 is 4.74 Å². The Kier molecular flexibility index (Phi) is 10.9. The normalized spacial score (nSPS) is 17.8. The second-order valence-electron chi connectivity index (χ2n) is 6.64. The lowest BCUT2D eigenvalue weighted by Crippen LogP contribution is -2.41. The minimum Gasteiger partial charge on any atom is -0.375 e. The van der Waals surface area contributed by atoms with E-state index < -0.39 is 0 Å². The molecule has 1 aromatic heterocycles. The average molecular weight is 475 g/mol. The van der Waals surface area contributed by atoms with Gasteiger partial charge in [-0.15, -0.1) is 24.0 Å². The van der Waals surface area contributed by atoms with Crippen molar-refractivity contribution in [2.45, 2.75) is 46.3 Å². The first kappa shape index (κ1) is 23.0. The Morgan fingerprint density at radius 2 is 2.12 bits per heavy atom. The summed E-state index contributed by atoms with van der Waals surface area (Å²) in [4.78, 5) is 11.2. The van der Waals surface area contributed by atoms with E-state index in [2.05, 4.69) is 58.4 Å². The maximum Gasteiger partial charge on any atom is 0.191 e. The summed E-state index contributed by atoms with van der Waals surface area (Å²) in [5.74, 6) is 2.56. The molecule has 0 amide bonds. The molecule has 1 atom stereocenters. The Morgan fingerprint density at radius 3 is 2.69 bits per heavy atom. The largest absolute Gasteiger partial charge is 0.375 e. The lowest BCUT2D eigenvalue weighted by atomic mass is 10.0. The van der Waals surface area contributed by atoms with E-state index in [0.717, 1.165) is 50.1 Å². The van der Waals surface area contributed by atoms with Gasteiger partial charge in [-0.1, -0.05) is 32.8 Å². The highest BCUT2D eigenvalue weighted by Gasteiger charge is 2.17. The Balaban J connectivity index is 0.00000338. The number of ether oxygens (including phenoxy) is 1. The summed E-state index contributed by atoms with van der Waals surface area (Å²) in [5, 5.41) is 6.77. The predicted molar refractivity (Wildman–Crippen MR) is 120 cm³/mol. The Bertz CT molecular complexity index is 533. The topological polar surface area (TPSA) is 61.8 Å². The fraction of sp³-hybridized carbons (Fsp3) is 0.684. The van der Waals surface area contributed by atoms with E-state index in [0.29, 0.717) is 5.92 Å². The number of aliphatic imine (C=N–C) groups is 1. The van der Waals surface area contributed by atoms with Crippen molar-refractivity contribution in [3.63, 3.8) is 0 Å². The van der Waals surface area contributed by atoms with Crippen LogP contribution in [-0.4, -0.2) is 50.3 Å². The molecule has 1 saturated heterocycles. The van der Waals surface area contributed by atoms with Crippen LogP contribution in [0, 0.1) is 5.92 Å². The van der Waals surface area contributed by atoms with Crippen LogP contribution in [0.15, 0.2) is 23.3 Å². The minimum atomic E-state index is 0. The standard InChI is InChI=1S/C19H33N5O.HI/c1-5-16(6-2)11-22-19(20-4)23-13-17-7-8-18(21-12-17)24-9-10-25-15(3)14-24;/h7-8,12,15-16H,5-6,9-11,13-14H2,1-4H3,(H2,20,22,23);1H. The molecule has 0 aliphatic carbocycles. The fourth-order valence-corrected chi connectivity index (χ4v) is 2.96. The number of anilines is 1. The van der Waals surface area contributed by atoms with Gasteiger partial charge in [0.25, 0.3) is 0 Å². The summed E-state index contributed by atoms with van der Waals surface area (Å²) in [5.41, 5.74) is 1.15. The maximum atomic E-state index is 5.59. The molecule has 26 heavy (non-hydrogen) atoms. The second kappa shape index (κ2) is 12.3. The van der Waals surface area contributed by atoms with Gasteiger partial charge in [0.1, 0.15) is 5.82 Å². The van der Waals surface area contributed by atoms with E-state index in [9.17, 15) is 0 Å². The number of aromatic nitrogens is 1. The zero-order valence-electron chi connectivity index (χ0n) is 16.5. The van der Waals surface area contributed by atoms with Gasteiger partial charge >= 0.3 is 0 Å². The summed E-state index contributed by atoms with van der Waals surface area (Å²) in [6.45, 7) is 10.8. The fourth-order valence-electron chi connectivity index (χ4n) is 2.96. The number of nitrogens with one attached hydrogen (secondary N) is 2. The first-order chi connectivity index (χ1) is 12.2. The zero-order chi connectivity index (χ0) is 18.1. The van der Waals surface area contributed by atoms with Crippen molar-refractivity contribution in [3.8, 4) is 0 Å². The Morgan fingerprint density at radius 1 is 1.35 bits per heavy atom. The van der Waals surface area contributed by atoms with Gasteiger partial charge < -0.3 is 20.3 Å². The zero-order valence-corrected chi connectivity index (χ0v) is 18.8.